The maximum Gasteiger partial charge on any atom is 0.245 e. The Hall–Kier alpha value is -3.48. The zero-order valence-electron chi connectivity index (χ0n) is 23.8. The molecule has 2 amide bonds. The van der Waals surface area contributed by atoms with Crippen LogP contribution in [0.5, 0.6) is 11.5 Å². The quantitative estimate of drug-likeness (QED) is 0.682. The fourth-order valence-corrected chi connectivity index (χ4v) is 3.82. The van der Waals surface area contributed by atoms with Crippen molar-refractivity contribution in [3.63, 3.8) is 0 Å². The number of para-hydroxylation sites is 1. The molecule has 0 aliphatic carbocycles. The van der Waals surface area contributed by atoms with Crippen LogP contribution in [0.1, 0.15) is 35.2 Å². The Morgan fingerprint density at radius 3 is 2.97 bits per heavy atom. The first kappa shape index (κ1) is 9.82. The van der Waals surface area contributed by atoms with Gasteiger partial charge >= 0.3 is 0 Å². The van der Waals surface area contributed by atoms with E-state index >= 15 is 0 Å². The van der Waals surface area contributed by atoms with Crippen molar-refractivity contribution in [2.45, 2.75) is 18.4 Å². The third-order valence-corrected chi connectivity index (χ3v) is 5.10. The van der Waals surface area contributed by atoms with Crippen LogP contribution in [0.2, 0.25) is 0 Å². The lowest BCUT2D eigenvalue weighted by Crippen LogP contribution is -2.62. The van der Waals surface area contributed by atoms with Crippen LogP contribution >= 0.6 is 0 Å². The average molecular weight is 398 g/mol. The average Bonchev–Trinajstić information content (AvgIpc) is 3.45. The minimum atomic E-state index is -3.53. The summed E-state index contributed by atoms with van der Waals surface area (Å²) in [6.07, 6.45) is -3.09. The minimum Gasteiger partial charge on any atom is -0.454 e. The van der Waals surface area contributed by atoms with Gasteiger partial charge in [0.25, 0.3) is 0 Å². The zero-order valence-corrected chi connectivity index (χ0v) is 14.8. The van der Waals surface area contributed by atoms with Crippen molar-refractivity contribution >= 4 is 22.7 Å². The summed E-state index contributed by atoms with van der Waals surface area (Å²) in [6, 6.07) is 4.46. The minimum absolute atomic E-state index is 0.0686. The molecule has 2 aromatic carbocycles. The standard InChI is InChI=1S/C22H19N3O4/c1-24-10-19(26)25-16(22(24)27)9-14-13-4-2-3-5-15(13)23-20(14)21(25)12-6-7-17-18(8-12)29-11-28-17/h2-8,16,21,23H,9-11H2,1H3/t16-,21-/m1/s1/i1D3,9D2,10D2,16D,21D. The van der Waals surface area contributed by atoms with Crippen LogP contribution in [0.15, 0.2) is 42.5 Å². The monoisotopic (exact) mass is 398 g/mol. The highest BCUT2D eigenvalue weighted by Crippen LogP contribution is 2.44. The Balaban J connectivity index is 1.76. The van der Waals surface area contributed by atoms with Crippen LogP contribution in [-0.2, 0) is 16.0 Å². The van der Waals surface area contributed by atoms with Gasteiger partial charge < -0.3 is 24.3 Å². The Morgan fingerprint density at radius 1 is 1.21 bits per heavy atom. The molecule has 3 aliphatic heterocycles. The number of nitrogens with zero attached hydrogens (tertiary/aromatic N) is 2. The molecule has 1 aromatic heterocycles. The molecule has 146 valence electrons. The number of aromatic amines is 1. The highest BCUT2D eigenvalue weighted by molar-refractivity contribution is 5.97. The molecule has 2 atom stereocenters. The number of hydrogen-bond donors (Lipinski definition) is 1. The second-order valence-electron chi connectivity index (χ2n) is 6.70. The van der Waals surface area contributed by atoms with Crippen LogP contribution in [0.4, 0.5) is 0 Å². The van der Waals surface area contributed by atoms with Gasteiger partial charge in [-0.1, -0.05) is 24.3 Å². The van der Waals surface area contributed by atoms with Gasteiger partial charge in [0.05, 0.1) is 18.0 Å². The SMILES string of the molecule is [2H]C([2H])([2H])N1C(=O)[C@]2([2H])N(C(=O)C1([2H])[2H])[C@]([2H])(c1ccc3c(c1)OCO3)c1[nH]c3ccccc3c1C2([2H])[2H]. The number of amides is 2. The van der Waals surface area contributed by atoms with E-state index in [1.807, 2.05) is 0 Å². The number of H-pyrrole nitrogens is 1. The summed E-state index contributed by atoms with van der Waals surface area (Å²) in [5.41, 5.74) is -0.246. The normalized spacial score (nSPS) is 36.3. The van der Waals surface area contributed by atoms with Gasteiger partial charge in [-0.3, -0.25) is 9.59 Å². The first-order valence-corrected chi connectivity index (χ1v) is 8.80. The van der Waals surface area contributed by atoms with Gasteiger partial charge in [-0.2, -0.15) is 0 Å². The molecule has 0 saturated carbocycles. The molecule has 0 bridgehead atoms. The van der Waals surface area contributed by atoms with E-state index in [4.69, 9.17) is 19.1 Å². The molecular formula is C22H19N3O4. The second-order valence-corrected chi connectivity index (χ2v) is 6.70. The maximum atomic E-state index is 13.9. The summed E-state index contributed by atoms with van der Waals surface area (Å²) in [5, 5.41) is 0.213. The van der Waals surface area contributed by atoms with Gasteiger partial charge in [-0.15, -0.1) is 0 Å². The number of aromatic nitrogens is 1. The summed E-state index contributed by atoms with van der Waals surface area (Å²) in [7, 11) is 0. The maximum absolute atomic E-state index is 13.9. The van der Waals surface area contributed by atoms with E-state index in [9.17, 15) is 12.3 Å². The van der Waals surface area contributed by atoms with Crippen molar-refractivity contribution in [2.75, 3.05) is 20.3 Å². The summed E-state index contributed by atoms with van der Waals surface area (Å²) < 4.78 is 87.7. The van der Waals surface area contributed by atoms with Crippen LogP contribution in [0.25, 0.3) is 10.9 Å². The molecule has 4 heterocycles. The number of piperazine rings is 1. The van der Waals surface area contributed by atoms with Crippen molar-refractivity contribution < 1.29 is 31.4 Å². The van der Waals surface area contributed by atoms with Crippen LogP contribution in [0, 0.1) is 0 Å². The Morgan fingerprint density at radius 2 is 2.07 bits per heavy atom. The van der Waals surface area contributed by atoms with Crippen molar-refractivity contribution in [2.24, 2.45) is 0 Å². The largest absolute Gasteiger partial charge is 0.454 e. The first-order valence-electron chi connectivity index (χ1n) is 13.3. The number of fused-ring (bicyclic) bond motifs is 5. The topological polar surface area (TPSA) is 74.9 Å². The molecule has 6 rings (SSSR count). The molecule has 0 unspecified atom stereocenters. The molecule has 3 aliphatic rings. The predicted octanol–water partition coefficient (Wildman–Crippen LogP) is 2.21. The Kier molecular flexibility index (Phi) is 1.95. The lowest BCUT2D eigenvalue weighted by Gasteiger charge is -2.46. The smallest absolute Gasteiger partial charge is 0.245 e. The van der Waals surface area contributed by atoms with Gasteiger partial charge in [0, 0.05) is 36.8 Å². The van der Waals surface area contributed by atoms with Gasteiger partial charge in [-0.05, 0) is 29.3 Å². The summed E-state index contributed by atoms with van der Waals surface area (Å²) >= 11 is 0. The van der Waals surface area contributed by atoms with Gasteiger partial charge in [0.15, 0.2) is 11.5 Å². The van der Waals surface area contributed by atoms with Crippen molar-refractivity contribution in [3.8, 4) is 11.5 Å². The predicted molar refractivity (Wildman–Crippen MR) is 105 cm³/mol. The molecule has 7 nitrogen and oxygen atoms in total. The summed E-state index contributed by atoms with van der Waals surface area (Å²) in [6.45, 7) is -7.19. The van der Waals surface area contributed by atoms with E-state index in [1.54, 1.807) is 18.2 Å². The summed E-state index contributed by atoms with van der Waals surface area (Å²) in [4.78, 5) is 30.5. The fourth-order valence-electron chi connectivity index (χ4n) is 3.82. The van der Waals surface area contributed by atoms with Crippen molar-refractivity contribution in [1.82, 2.24) is 14.8 Å². The molecule has 0 radical (unpaired) electrons. The highest BCUT2D eigenvalue weighted by atomic mass is 16.7. The van der Waals surface area contributed by atoms with Crippen molar-refractivity contribution in [1.29, 1.82) is 0 Å². The third-order valence-electron chi connectivity index (χ3n) is 5.10. The highest BCUT2D eigenvalue weighted by Gasteiger charge is 2.47. The van der Waals surface area contributed by atoms with E-state index in [0.29, 0.717) is 11.3 Å². The van der Waals surface area contributed by atoms with Gasteiger partial charge in [0.2, 0.25) is 18.6 Å². The third kappa shape index (κ3) is 2.24. The Bertz CT molecular complexity index is 1550. The fraction of sp³-hybridized carbons (Fsp3) is 0.273. The number of carbonyl (C=O) groups excluding carboxylic acids is 2. The number of benzene rings is 2. The molecular weight excluding hydrogens is 370 g/mol. The number of rotatable bonds is 1. The number of hydrogen-bond acceptors (Lipinski definition) is 4. The number of nitrogens with one attached hydrogen (secondary N) is 1. The van der Waals surface area contributed by atoms with Crippen LogP contribution in [-0.4, -0.2) is 52.9 Å². The number of ether oxygens (including phenoxy) is 2. The molecule has 1 N–H and O–H groups in total. The number of likely N-dealkylation sites (N-methyl/N-ethyl adjacent to an activating group) is 1. The molecule has 1 saturated heterocycles. The summed E-state index contributed by atoms with van der Waals surface area (Å²) in [5.74, 6) is -3.05. The molecule has 29 heavy (non-hydrogen) atoms. The lowest BCUT2D eigenvalue weighted by molar-refractivity contribution is -0.157. The van der Waals surface area contributed by atoms with E-state index in [-0.39, 0.29) is 44.5 Å². The van der Waals surface area contributed by atoms with Gasteiger partial charge in [0.1, 0.15) is 6.02 Å². The van der Waals surface area contributed by atoms with Crippen LogP contribution < -0.4 is 9.47 Å². The molecule has 0 spiro atoms. The number of carbonyl (C=O) groups is 2. The van der Waals surface area contributed by atoms with E-state index in [2.05, 4.69) is 4.98 Å². The van der Waals surface area contributed by atoms with Gasteiger partial charge in [-0.25, -0.2) is 0 Å². The first-order chi connectivity index (χ1) is 17.6. The molecule has 3 aromatic rings. The van der Waals surface area contributed by atoms with Crippen LogP contribution in [0.3, 0.4) is 0 Å². The van der Waals surface area contributed by atoms with E-state index < -0.39 is 43.7 Å². The van der Waals surface area contributed by atoms with E-state index in [1.165, 1.54) is 24.3 Å². The van der Waals surface area contributed by atoms with E-state index in [0.717, 1.165) is 0 Å². The molecule has 1 fully saturated rings. The molecule has 7 heteroatoms. The lowest BCUT2D eigenvalue weighted by atomic mass is 9.86. The van der Waals surface area contributed by atoms with Crippen molar-refractivity contribution in [3.05, 3.63) is 59.3 Å². The second kappa shape index (κ2) is 5.76. The zero-order chi connectivity index (χ0) is 27.6. The Labute approximate surface area is 179 Å².